The summed E-state index contributed by atoms with van der Waals surface area (Å²) in [6.45, 7) is 0.852. The lowest BCUT2D eigenvalue weighted by Crippen LogP contribution is -2.41. The molecule has 0 radical (unpaired) electrons. The highest BCUT2D eigenvalue weighted by Crippen LogP contribution is 2.29. The van der Waals surface area contributed by atoms with Gasteiger partial charge in [0.2, 0.25) is 10.0 Å². The zero-order valence-corrected chi connectivity index (χ0v) is 11.9. The number of hydrogen-bond donors (Lipinski definition) is 1. The van der Waals surface area contributed by atoms with Gasteiger partial charge in [-0.25, -0.2) is 18.1 Å². The molecule has 0 aromatic carbocycles. The summed E-state index contributed by atoms with van der Waals surface area (Å²) in [6.07, 6.45) is 9.79. The summed E-state index contributed by atoms with van der Waals surface area (Å²) in [5.41, 5.74) is 0. The van der Waals surface area contributed by atoms with Crippen LogP contribution >= 0.6 is 0 Å². The number of hydrogen-bond acceptors (Lipinski definition) is 3. The third kappa shape index (κ3) is 3.17. The molecule has 0 bridgehead atoms. The second-order valence-electron chi connectivity index (χ2n) is 5.75. The highest BCUT2D eigenvalue weighted by molar-refractivity contribution is 7.89. The van der Waals surface area contributed by atoms with Crippen LogP contribution in [0.2, 0.25) is 0 Å². The normalized spacial score (nSPS) is 23.9. The Balaban J connectivity index is 1.53. The predicted molar refractivity (Wildman–Crippen MR) is 73.2 cm³/mol. The van der Waals surface area contributed by atoms with Crippen LogP contribution in [0.4, 0.5) is 0 Å². The highest BCUT2D eigenvalue weighted by atomic mass is 32.2. The van der Waals surface area contributed by atoms with E-state index >= 15 is 0 Å². The van der Waals surface area contributed by atoms with Crippen LogP contribution in [0.3, 0.4) is 0 Å². The van der Waals surface area contributed by atoms with Crippen LogP contribution in [0.5, 0.6) is 0 Å². The third-order valence-electron chi connectivity index (χ3n) is 4.31. The molecule has 1 aromatic rings. The standard InChI is InChI=1S/C13H21N3O2S/c17-19(18,9-5-11-2-1-3-11)15-12-4-7-16-8-6-14-13(16)10-12/h6,8,11-12,15H,1-5,7,9-10H2. The lowest BCUT2D eigenvalue weighted by molar-refractivity contribution is 0.307. The Kier molecular flexibility index (Phi) is 3.62. The molecule has 19 heavy (non-hydrogen) atoms. The molecule has 2 aliphatic rings. The molecule has 6 heteroatoms. The first kappa shape index (κ1) is 13.1. The van der Waals surface area contributed by atoms with Gasteiger partial charge in [0.25, 0.3) is 0 Å². The van der Waals surface area contributed by atoms with Crippen LogP contribution < -0.4 is 4.72 Å². The summed E-state index contributed by atoms with van der Waals surface area (Å²) in [4.78, 5) is 4.26. The lowest BCUT2D eigenvalue weighted by atomic mass is 9.84. The molecular weight excluding hydrogens is 262 g/mol. The van der Waals surface area contributed by atoms with Gasteiger partial charge in [0, 0.05) is 31.4 Å². The van der Waals surface area contributed by atoms with Gasteiger partial charge in [0.1, 0.15) is 5.82 Å². The Morgan fingerprint density at radius 1 is 1.37 bits per heavy atom. The van der Waals surface area contributed by atoms with Crippen molar-refractivity contribution in [3.63, 3.8) is 0 Å². The van der Waals surface area contributed by atoms with Crippen LogP contribution in [-0.4, -0.2) is 29.8 Å². The van der Waals surface area contributed by atoms with E-state index in [9.17, 15) is 8.42 Å². The SMILES string of the molecule is O=S(=O)(CCC1CCC1)NC1CCn2ccnc2C1. The summed E-state index contributed by atoms with van der Waals surface area (Å²) < 4.78 is 29.1. The number of aryl methyl sites for hydroxylation is 1. The number of fused-ring (bicyclic) bond motifs is 1. The first-order valence-electron chi connectivity index (χ1n) is 7.12. The van der Waals surface area contributed by atoms with E-state index in [0.717, 1.165) is 25.2 Å². The molecule has 0 amide bonds. The highest BCUT2D eigenvalue weighted by Gasteiger charge is 2.25. The third-order valence-corrected chi connectivity index (χ3v) is 5.78. The van der Waals surface area contributed by atoms with Crippen molar-refractivity contribution in [3.05, 3.63) is 18.2 Å². The van der Waals surface area contributed by atoms with Crippen molar-refractivity contribution < 1.29 is 8.42 Å². The van der Waals surface area contributed by atoms with E-state index < -0.39 is 10.0 Å². The van der Waals surface area contributed by atoms with E-state index in [1.165, 1.54) is 19.3 Å². The van der Waals surface area contributed by atoms with Crippen LogP contribution in [0.1, 0.15) is 37.9 Å². The van der Waals surface area contributed by atoms with Crippen molar-refractivity contribution in [2.45, 2.75) is 51.1 Å². The van der Waals surface area contributed by atoms with Gasteiger partial charge in [-0.1, -0.05) is 19.3 Å². The van der Waals surface area contributed by atoms with E-state index in [1.807, 2.05) is 6.20 Å². The summed E-state index contributed by atoms with van der Waals surface area (Å²) in [5.74, 6) is 1.91. The number of nitrogens with zero attached hydrogens (tertiary/aromatic N) is 2. The molecule has 3 rings (SSSR count). The van der Waals surface area contributed by atoms with Crippen molar-refractivity contribution in [3.8, 4) is 0 Å². The number of sulfonamides is 1. The van der Waals surface area contributed by atoms with Gasteiger partial charge < -0.3 is 4.57 Å². The molecule has 1 aliphatic carbocycles. The fourth-order valence-corrected chi connectivity index (χ4v) is 4.34. The molecule has 1 aliphatic heterocycles. The maximum Gasteiger partial charge on any atom is 0.211 e. The van der Waals surface area contributed by atoms with Crippen LogP contribution in [0.25, 0.3) is 0 Å². The van der Waals surface area contributed by atoms with Gasteiger partial charge in [0.05, 0.1) is 5.75 Å². The van der Waals surface area contributed by atoms with E-state index in [2.05, 4.69) is 14.3 Å². The van der Waals surface area contributed by atoms with Crippen LogP contribution in [0, 0.1) is 5.92 Å². The van der Waals surface area contributed by atoms with Gasteiger partial charge in [-0.15, -0.1) is 0 Å². The van der Waals surface area contributed by atoms with Crippen molar-refractivity contribution in [1.29, 1.82) is 0 Å². The zero-order chi connectivity index (χ0) is 13.3. The largest absolute Gasteiger partial charge is 0.335 e. The molecule has 1 unspecified atom stereocenters. The average Bonchev–Trinajstić information content (AvgIpc) is 2.73. The lowest BCUT2D eigenvalue weighted by Gasteiger charge is -2.27. The van der Waals surface area contributed by atoms with Gasteiger partial charge in [-0.2, -0.15) is 0 Å². The van der Waals surface area contributed by atoms with E-state index in [1.54, 1.807) is 6.20 Å². The minimum absolute atomic E-state index is 0.0151. The maximum absolute atomic E-state index is 12.1. The van der Waals surface area contributed by atoms with Gasteiger partial charge in [0.15, 0.2) is 0 Å². The molecule has 2 heterocycles. The minimum atomic E-state index is -3.13. The molecular formula is C13H21N3O2S. The Morgan fingerprint density at radius 2 is 2.21 bits per heavy atom. The quantitative estimate of drug-likeness (QED) is 0.886. The van der Waals surface area contributed by atoms with E-state index in [0.29, 0.717) is 12.3 Å². The summed E-state index contributed by atoms with van der Waals surface area (Å²) in [7, 11) is -3.13. The van der Waals surface area contributed by atoms with E-state index in [-0.39, 0.29) is 11.8 Å². The fraction of sp³-hybridized carbons (Fsp3) is 0.769. The number of imidazole rings is 1. The van der Waals surface area contributed by atoms with Gasteiger partial charge in [-0.3, -0.25) is 0 Å². The smallest absolute Gasteiger partial charge is 0.211 e. The summed E-state index contributed by atoms with van der Waals surface area (Å²) >= 11 is 0. The molecule has 5 nitrogen and oxygen atoms in total. The monoisotopic (exact) mass is 283 g/mol. The van der Waals surface area contributed by atoms with Crippen LogP contribution in [0.15, 0.2) is 12.4 Å². The zero-order valence-electron chi connectivity index (χ0n) is 11.1. The Labute approximate surface area is 114 Å². The number of nitrogens with one attached hydrogen (secondary N) is 1. The maximum atomic E-state index is 12.1. The van der Waals surface area contributed by atoms with Crippen molar-refractivity contribution in [2.24, 2.45) is 5.92 Å². The first-order valence-corrected chi connectivity index (χ1v) is 8.78. The molecule has 1 atom stereocenters. The Morgan fingerprint density at radius 3 is 2.95 bits per heavy atom. The molecule has 106 valence electrons. The van der Waals surface area contributed by atoms with Crippen molar-refractivity contribution >= 4 is 10.0 Å². The van der Waals surface area contributed by atoms with E-state index in [4.69, 9.17) is 0 Å². The van der Waals surface area contributed by atoms with Gasteiger partial charge in [-0.05, 0) is 18.8 Å². The average molecular weight is 283 g/mol. The second kappa shape index (κ2) is 5.25. The minimum Gasteiger partial charge on any atom is -0.335 e. The molecule has 1 saturated carbocycles. The first-order chi connectivity index (χ1) is 9.12. The predicted octanol–water partition coefficient (Wildman–Crippen LogP) is 1.31. The fourth-order valence-electron chi connectivity index (χ4n) is 2.87. The van der Waals surface area contributed by atoms with Crippen molar-refractivity contribution in [2.75, 3.05) is 5.75 Å². The number of rotatable bonds is 5. The molecule has 0 saturated heterocycles. The van der Waals surface area contributed by atoms with Crippen LogP contribution in [-0.2, 0) is 23.0 Å². The molecule has 1 aromatic heterocycles. The number of aromatic nitrogens is 2. The summed E-state index contributed by atoms with van der Waals surface area (Å²) in [6, 6.07) is 0.0151. The Bertz CT molecular complexity index is 534. The second-order valence-corrected chi connectivity index (χ2v) is 7.62. The summed E-state index contributed by atoms with van der Waals surface area (Å²) in [5, 5.41) is 0. The topological polar surface area (TPSA) is 64.0 Å². The van der Waals surface area contributed by atoms with Gasteiger partial charge >= 0.3 is 0 Å². The molecule has 0 spiro atoms. The Hall–Kier alpha value is -0.880. The molecule has 1 fully saturated rings. The van der Waals surface area contributed by atoms with Crippen molar-refractivity contribution in [1.82, 2.24) is 14.3 Å². The molecule has 1 N–H and O–H groups in total.